The standard InChI is InChI=1S/C24H31N3O/c1-19-5-3-4-6-22(19)21-9-7-20(8-10-21)17-27-16-15-26(2)24(18-27)12-11-23(28)25-14-13-24/h3-10H,11-18H2,1-2H3,(H,25,28)/t24-/m1/s1. The molecule has 1 amide bonds. The summed E-state index contributed by atoms with van der Waals surface area (Å²) in [6.45, 7) is 7.12. The summed E-state index contributed by atoms with van der Waals surface area (Å²) >= 11 is 0. The Labute approximate surface area is 168 Å². The van der Waals surface area contributed by atoms with E-state index in [1.807, 2.05) is 0 Å². The number of piperazine rings is 1. The molecule has 2 heterocycles. The molecule has 0 bridgehead atoms. The fourth-order valence-corrected chi connectivity index (χ4v) is 4.76. The van der Waals surface area contributed by atoms with E-state index in [0.717, 1.165) is 45.6 Å². The molecule has 0 saturated carbocycles. The molecule has 1 atom stereocenters. The smallest absolute Gasteiger partial charge is 0.220 e. The Hall–Kier alpha value is -2.17. The van der Waals surface area contributed by atoms with Crippen molar-refractivity contribution >= 4 is 5.91 Å². The van der Waals surface area contributed by atoms with Crippen molar-refractivity contribution in [3.8, 4) is 11.1 Å². The molecule has 148 valence electrons. The number of hydrogen-bond acceptors (Lipinski definition) is 3. The summed E-state index contributed by atoms with van der Waals surface area (Å²) in [6, 6.07) is 17.6. The molecule has 2 aliphatic rings. The normalized spacial score (nSPS) is 24.1. The van der Waals surface area contributed by atoms with Gasteiger partial charge in [0.25, 0.3) is 0 Å². The number of amides is 1. The monoisotopic (exact) mass is 377 g/mol. The molecule has 2 aromatic carbocycles. The third-order valence-electron chi connectivity index (χ3n) is 6.63. The Morgan fingerprint density at radius 2 is 1.82 bits per heavy atom. The van der Waals surface area contributed by atoms with Crippen LogP contribution in [-0.2, 0) is 11.3 Å². The number of aryl methyl sites for hydroxylation is 1. The molecule has 4 heteroatoms. The van der Waals surface area contributed by atoms with Crippen LogP contribution in [0.3, 0.4) is 0 Å². The van der Waals surface area contributed by atoms with E-state index in [9.17, 15) is 4.79 Å². The highest BCUT2D eigenvalue weighted by atomic mass is 16.1. The van der Waals surface area contributed by atoms with Crippen LogP contribution in [0.1, 0.15) is 30.4 Å². The molecule has 0 unspecified atom stereocenters. The minimum Gasteiger partial charge on any atom is -0.356 e. The summed E-state index contributed by atoms with van der Waals surface area (Å²) in [5, 5.41) is 3.04. The van der Waals surface area contributed by atoms with Crippen LogP contribution in [0.15, 0.2) is 48.5 Å². The van der Waals surface area contributed by atoms with Crippen molar-refractivity contribution < 1.29 is 4.79 Å². The first kappa shape index (κ1) is 19.2. The van der Waals surface area contributed by atoms with Gasteiger partial charge in [-0.05, 0) is 49.1 Å². The van der Waals surface area contributed by atoms with Crippen molar-refractivity contribution in [1.29, 1.82) is 0 Å². The maximum Gasteiger partial charge on any atom is 0.220 e. The summed E-state index contributed by atoms with van der Waals surface area (Å²) in [4.78, 5) is 16.9. The van der Waals surface area contributed by atoms with Crippen molar-refractivity contribution in [2.24, 2.45) is 0 Å². The Morgan fingerprint density at radius 3 is 2.61 bits per heavy atom. The van der Waals surface area contributed by atoms with E-state index < -0.39 is 0 Å². The predicted molar refractivity (Wildman–Crippen MR) is 114 cm³/mol. The van der Waals surface area contributed by atoms with E-state index in [2.05, 4.69) is 77.6 Å². The largest absolute Gasteiger partial charge is 0.356 e. The summed E-state index contributed by atoms with van der Waals surface area (Å²) in [7, 11) is 2.23. The van der Waals surface area contributed by atoms with Crippen LogP contribution < -0.4 is 5.32 Å². The lowest BCUT2D eigenvalue weighted by molar-refractivity contribution is -0.121. The lowest BCUT2D eigenvalue weighted by atomic mass is 9.86. The van der Waals surface area contributed by atoms with E-state index >= 15 is 0 Å². The molecule has 1 N–H and O–H groups in total. The third kappa shape index (κ3) is 3.98. The maximum atomic E-state index is 11.8. The molecule has 2 aliphatic heterocycles. The second-order valence-electron chi connectivity index (χ2n) is 8.47. The van der Waals surface area contributed by atoms with Gasteiger partial charge in [-0.1, -0.05) is 48.5 Å². The highest BCUT2D eigenvalue weighted by Gasteiger charge is 2.40. The molecule has 4 nitrogen and oxygen atoms in total. The number of hydrogen-bond donors (Lipinski definition) is 1. The molecule has 4 rings (SSSR count). The van der Waals surface area contributed by atoms with Gasteiger partial charge in [0.2, 0.25) is 5.91 Å². The number of likely N-dealkylation sites (N-methyl/N-ethyl adjacent to an activating group) is 1. The SMILES string of the molecule is Cc1ccccc1-c1ccc(CN2CCN(C)[C@]3(CCNC(=O)CC3)C2)cc1. The van der Waals surface area contributed by atoms with Gasteiger partial charge in [0, 0.05) is 44.7 Å². The zero-order valence-corrected chi connectivity index (χ0v) is 17.1. The van der Waals surface area contributed by atoms with Crippen LogP contribution in [0.25, 0.3) is 11.1 Å². The minimum atomic E-state index is 0.124. The van der Waals surface area contributed by atoms with Crippen molar-refractivity contribution in [1.82, 2.24) is 15.1 Å². The maximum absolute atomic E-state index is 11.8. The zero-order valence-electron chi connectivity index (χ0n) is 17.1. The summed E-state index contributed by atoms with van der Waals surface area (Å²) in [6.07, 6.45) is 2.64. The Balaban J connectivity index is 1.45. The first-order valence-electron chi connectivity index (χ1n) is 10.4. The average Bonchev–Trinajstić information content (AvgIpc) is 2.88. The van der Waals surface area contributed by atoms with Gasteiger partial charge in [-0.15, -0.1) is 0 Å². The lowest BCUT2D eigenvalue weighted by Crippen LogP contribution is -2.60. The van der Waals surface area contributed by atoms with Gasteiger partial charge in [0.15, 0.2) is 0 Å². The number of carbonyl (C=O) groups excluding carboxylic acids is 1. The molecule has 0 aliphatic carbocycles. The minimum absolute atomic E-state index is 0.124. The third-order valence-corrected chi connectivity index (χ3v) is 6.63. The molecule has 2 fully saturated rings. The van der Waals surface area contributed by atoms with Gasteiger partial charge < -0.3 is 5.32 Å². The number of nitrogens with one attached hydrogen (secondary N) is 1. The van der Waals surface area contributed by atoms with Crippen molar-refractivity contribution in [3.63, 3.8) is 0 Å². The van der Waals surface area contributed by atoms with Crippen LogP contribution in [-0.4, -0.2) is 54.5 Å². The van der Waals surface area contributed by atoms with Crippen LogP contribution >= 0.6 is 0 Å². The molecule has 2 saturated heterocycles. The quantitative estimate of drug-likeness (QED) is 0.890. The molecule has 28 heavy (non-hydrogen) atoms. The Morgan fingerprint density at radius 1 is 1.04 bits per heavy atom. The Kier molecular flexibility index (Phi) is 5.51. The number of rotatable bonds is 3. The average molecular weight is 378 g/mol. The molecular weight excluding hydrogens is 346 g/mol. The van der Waals surface area contributed by atoms with E-state index in [1.54, 1.807) is 0 Å². The lowest BCUT2D eigenvalue weighted by Gasteiger charge is -2.49. The van der Waals surface area contributed by atoms with Gasteiger partial charge >= 0.3 is 0 Å². The van der Waals surface area contributed by atoms with Crippen molar-refractivity contribution in [2.45, 2.75) is 38.3 Å². The van der Waals surface area contributed by atoms with Crippen molar-refractivity contribution in [3.05, 3.63) is 59.7 Å². The van der Waals surface area contributed by atoms with Crippen molar-refractivity contribution in [2.75, 3.05) is 33.2 Å². The molecular formula is C24H31N3O. The molecule has 2 aromatic rings. The highest BCUT2D eigenvalue weighted by Crippen LogP contribution is 2.31. The van der Waals surface area contributed by atoms with Gasteiger partial charge in [-0.25, -0.2) is 0 Å². The summed E-state index contributed by atoms with van der Waals surface area (Å²) in [5.74, 6) is 0.203. The molecule has 1 spiro atoms. The summed E-state index contributed by atoms with van der Waals surface area (Å²) in [5.41, 5.74) is 5.39. The number of benzene rings is 2. The fraction of sp³-hybridized carbons (Fsp3) is 0.458. The van der Waals surface area contributed by atoms with Gasteiger partial charge in [0.05, 0.1) is 0 Å². The second-order valence-corrected chi connectivity index (χ2v) is 8.47. The zero-order chi connectivity index (χ0) is 19.6. The Bertz CT molecular complexity index is 832. The van der Waals surface area contributed by atoms with Crippen LogP contribution in [0.5, 0.6) is 0 Å². The van der Waals surface area contributed by atoms with E-state index in [1.165, 1.54) is 22.3 Å². The predicted octanol–water partition coefficient (Wildman–Crippen LogP) is 3.45. The van der Waals surface area contributed by atoms with Gasteiger partial charge in [-0.3, -0.25) is 14.6 Å². The van der Waals surface area contributed by atoms with Crippen LogP contribution in [0, 0.1) is 6.92 Å². The first-order valence-corrected chi connectivity index (χ1v) is 10.4. The first-order chi connectivity index (χ1) is 13.6. The molecule has 0 radical (unpaired) electrons. The molecule has 0 aromatic heterocycles. The fourth-order valence-electron chi connectivity index (χ4n) is 4.76. The van der Waals surface area contributed by atoms with E-state index in [-0.39, 0.29) is 11.4 Å². The topological polar surface area (TPSA) is 35.6 Å². The van der Waals surface area contributed by atoms with E-state index in [4.69, 9.17) is 0 Å². The van der Waals surface area contributed by atoms with Gasteiger partial charge in [0.1, 0.15) is 0 Å². The number of nitrogens with zero attached hydrogens (tertiary/aromatic N) is 2. The van der Waals surface area contributed by atoms with Gasteiger partial charge in [-0.2, -0.15) is 0 Å². The number of carbonyl (C=O) groups is 1. The van der Waals surface area contributed by atoms with Crippen LogP contribution in [0.4, 0.5) is 0 Å². The second kappa shape index (κ2) is 8.06. The van der Waals surface area contributed by atoms with E-state index in [0.29, 0.717) is 6.42 Å². The van der Waals surface area contributed by atoms with Crippen LogP contribution in [0.2, 0.25) is 0 Å². The highest BCUT2D eigenvalue weighted by molar-refractivity contribution is 5.76. The summed E-state index contributed by atoms with van der Waals surface area (Å²) < 4.78 is 0.